The summed E-state index contributed by atoms with van der Waals surface area (Å²) in [6.07, 6.45) is 5.55. The van der Waals surface area contributed by atoms with E-state index >= 15 is 0 Å². The Balaban J connectivity index is 1.70. The second kappa shape index (κ2) is 7.91. The summed E-state index contributed by atoms with van der Waals surface area (Å²) >= 11 is 6.02. The third kappa shape index (κ3) is 3.54. The molecule has 4 atom stereocenters. The predicted molar refractivity (Wildman–Crippen MR) is 114 cm³/mol. The first-order chi connectivity index (χ1) is 14.3. The van der Waals surface area contributed by atoms with Gasteiger partial charge in [0.1, 0.15) is 18.9 Å². The molecule has 0 radical (unpaired) electrons. The number of fused-ring (bicyclic) bond motifs is 3. The Labute approximate surface area is 180 Å². The van der Waals surface area contributed by atoms with Crippen molar-refractivity contribution < 1.29 is 19.2 Å². The molecule has 0 spiro atoms. The van der Waals surface area contributed by atoms with Gasteiger partial charge in [-0.15, -0.1) is 0 Å². The van der Waals surface area contributed by atoms with E-state index < -0.39 is 0 Å². The molecular formula is C23H25ClN2O4. The number of allylic oxidation sites excluding steroid dienone is 2. The van der Waals surface area contributed by atoms with E-state index in [1.807, 2.05) is 13.0 Å². The summed E-state index contributed by atoms with van der Waals surface area (Å²) in [5.74, 6) is -0.399. The predicted octanol–water partition coefficient (Wildman–Crippen LogP) is 3.92. The van der Waals surface area contributed by atoms with Crippen molar-refractivity contribution in [3.8, 4) is 0 Å². The van der Waals surface area contributed by atoms with Gasteiger partial charge in [-0.3, -0.25) is 9.59 Å². The number of carbonyl (C=O) groups excluding carboxylic acids is 2. The fourth-order valence-electron chi connectivity index (χ4n) is 4.82. The third-order valence-electron chi connectivity index (χ3n) is 6.49. The molecule has 1 saturated heterocycles. The van der Waals surface area contributed by atoms with Crippen molar-refractivity contribution in [2.24, 2.45) is 22.4 Å². The average Bonchev–Trinajstić information content (AvgIpc) is 3.01. The van der Waals surface area contributed by atoms with Crippen LogP contribution in [-0.2, 0) is 14.4 Å². The number of amides is 1. The van der Waals surface area contributed by atoms with Crippen LogP contribution in [0.15, 0.2) is 52.7 Å². The first-order valence-electron chi connectivity index (χ1n) is 10.1. The maximum Gasteiger partial charge on any atom is 0.309 e. The van der Waals surface area contributed by atoms with Crippen LogP contribution in [0.5, 0.6) is 0 Å². The van der Waals surface area contributed by atoms with E-state index in [9.17, 15) is 9.59 Å². The fourth-order valence-corrected chi connectivity index (χ4v) is 5.01. The molecule has 1 saturated carbocycles. The van der Waals surface area contributed by atoms with Gasteiger partial charge in [-0.2, -0.15) is 0 Å². The Morgan fingerprint density at radius 1 is 1.43 bits per heavy atom. The minimum absolute atomic E-state index is 0.134. The van der Waals surface area contributed by atoms with Gasteiger partial charge in [0, 0.05) is 34.0 Å². The summed E-state index contributed by atoms with van der Waals surface area (Å²) in [6, 6.07) is 6.80. The van der Waals surface area contributed by atoms with Crippen LogP contribution >= 0.6 is 11.6 Å². The number of ether oxygens (including phenoxy) is 1. The molecule has 6 nitrogen and oxygen atoms in total. The van der Waals surface area contributed by atoms with Crippen LogP contribution in [0.3, 0.4) is 0 Å². The van der Waals surface area contributed by atoms with Crippen molar-refractivity contribution in [1.82, 2.24) is 5.32 Å². The number of oxime groups is 1. The molecule has 158 valence electrons. The number of halogens is 1. The number of rotatable bonds is 4. The van der Waals surface area contributed by atoms with E-state index in [2.05, 4.69) is 23.5 Å². The number of carbonyl (C=O) groups is 2. The van der Waals surface area contributed by atoms with Crippen molar-refractivity contribution in [1.29, 1.82) is 0 Å². The van der Waals surface area contributed by atoms with Crippen molar-refractivity contribution >= 4 is 29.2 Å². The summed E-state index contributed by atoms with van der Waals surface area (Å²) in [4.78, 5) is 30.1. The average molecular weight is 429 g/mol. The van der Waals surface area contributed by atoms with E-state index in [-0.39, 0.29) is 41.8 Å². The second-order valence-corrected chi connectivity index (χ2v) is 8.78. The lowest BCUT2D eigenvalue weighted by Crippen LogP contribution is -2.42. The highest BCUT2D eigenvalue weighted by Gasteiger charge is 2.53. The molecule has 3 aliphatic rings. The van der Waals surface area contributed by atoms with E-state index in [1.165, 1.54) is 7.11 Å². The lowest BCUT2D eigenvalue weighted by molar-refractivity contribution is -0.143. The monoisotopic (exact) mass is 428 g/mol. The largest absolute Gasteiger partial charge is 0.457 e. The minimum Gasteiger partial charge on any atom is -0.457 e. The third-order valence-corrected chi connectivity index (χ3v) is 6.72. The van der Waals surface area contributed by atoms with E-state index in [1.54, 1.807) is 24.3 Å². The van der Waals surface area contributed by atoms with Crippen LogP contribution in [0.4, 0.5) is 0 Å². The molecule has 1 aromatic carbocycles. The summed E-state index contributed by atoms with van der Waals surface area (Å²) < 4.78 is 5.82. The SMILES string of the molecule is CO/N=C1\C=C[C@]2(C)CC[C@H]3[C@H](C)C(=O)O[C@@H]3C2=C1CNC(=O)c1cccc(Cl)c1. The van der Waals surface area contributed by atoms with Crippen molar-refractivity contribution in [2.45, 2.75) is 32.8 Å². The van der Waals surface area contributed by atoms with Gasteiger partial charge in [0.25, 0.3) is 5.91 Å². The molecule has 7 heteroatoms. The molecule has 2 fully saturated rings. The number of esters is 1. The zero-order chi connectivity index (χ0) is 21.5. The molecule has 0 bridgehead atoms. The van der Waals surface area contributed by atoms with Crippen LogP contribution in [0, 0.1) is 17.3 Å². The Morgan fingerprint density at radius 2 is 2.23 bits per heavy atom. The number of nitrogens with one attached hydrogen (secondary N) is 1. The van der Waals surface area contributed by atoms with E-state index in [0.717, 1.165) is 24.0 Å². The summed E-state index contributed by atoms with van der Waals surface area (Å²) in [7, 11) is 1.49. The molecule has 30 heavy (non-hydrogen) atoms. The van der Waals surface area contributed by atoms with Gasteiger partial charge in [-0.1, -0.05) is 42.7 Å². The zero-order valence-electron chi connectivity index (χ0n) is 17.3. The van der Waals surface area contributed by atoms with Crippen LogP contribution in [0.1, 0.15) is 37.0 Å². The second-order valence-electron chi connectivity index (χ2n) is 8.34. The summed E-state index contributed by atoms with van der Waals surface area (Å²) in [5.41, 5.74) is 2.71. The smallest absolute Gasteiger partial charge is 0.309 e. The van der Waals surface area contributed by atoms with Gasteiger partial charge in [0.2, 0.25) is 0 Å². The maximum atomic E-state index is 12.7. The standard InChI is InChI=1S/C23H25ClN2O4/c1-13-16-7-9-23(2)10-8-18(26-29-3)17(19(23)20(16)30-22(13)28)12-25-21(27)14-5-4-6-15(24)11-14/h4-6,8,10-11,13,16,20H,7,9,12H2,1-3H3,(H,25,27)/b26-18+/t13-,16-,20-,23-/m0/s1. The highest BCUT2D eigenvalue weighted by atomic mass is 35.5. The summed E-state index contributed by atoms with van der Waals surface area (Å²) in [5, 5.41) is 7.64. The Morgan fingerprint density at radius 3 is 2.97 bits per heavy atom. The molecule has 2 aliphatic carbocycles. The van der Waals surface area contributed by atoms with Crippen LogP contribution in [0.2, 0.25) is 5.02 Å². The van der Waals surface area contributed by atoms with Crippen LogP contribution < -0.4 is 5.32 Å². The minimum atomic E-state index is -0.309. The van der Waals surface area contributed by atoms with Crippen molar-refractivity contribution in [2.75, 3.05) is 13.7 Å². The highest BCUT2D eigenvalue weighted by molar-refractivity contribution is 6.31. The topological polar surface area (TPSA) is 77.0 Å². The van der Waals surface area contributed by atoms with Gasteiger partial charge in [0.05, 0.1) is 5.92 Å². The molecule has 4 rings (SSSR count). The van der Waals surface area contributed by atoms with Gasteiger partial charge in [0.15, 0.2) is 0 Å². The number of benzene rings is 1. The quantitative estimate of drug-likeness (QED) is 0.582. The van der Waals surface area contributed by atoms with Gasteiger partial charge < -0.3 is 14.9 Å². The lowest BCUT2D eigenvalue weighted by Gasteiger charge is -2.43. The molecular weight excluding hydrogens is 404 g/mol. The first kappa shape index (κ1) is 20.7. The zero-order valence-corrected chi connectivity index (χ0v) is 18.0. The number of hydrogen-bond donors (Lipinski definition) is 1. The molecule has 1 amide bonds. The van der Waals surface area contributed by atoms with Gasteiger partial charge >= 0.3 is 5.97 Å². The highest BCUT2D eigenvalue weighted by Crippen LogP contribution is 2.53. The molecule has 0 unspecified atom stereocenters. The number of hydrogen-bond acceptors (Lipinski definition) is 5. The molecule has 1 N–H and O–H groups in total. The normalized spacial score (nSPS) is 31.3. The maximum absolute atomic E-state index is 12.7. The molecule has 1 heterocycles. The van der Waals surface area contributed by atoms with Crippen LogP contribution in [-0.4, -0.2) is 37.3 Å². The number of nitrogens with zero attached hydrogens (tertiary/aromatic N) is 1. The first-order valence-corrected chi connectivity index (χ1v) is 10.5. The molecule has 1 aliphatic heterocycles. The van der Waals surface area contributed by atoms with E-state index in [0.29, 0.717) is 16.3 Å². The van der Waals surface area contributed by atoms with Crippen molar-refractivity contribution in [3.63, 3.8) is 0 Å². The fraction of sp³-hybridized carbons (Fsp3) is 0.435. The van der Waals surface area contributed by atoms with Crippen LogP contribution in [0.25, 0.3) is 0 Å². The molecule has 0 aromatic heterocycles. The Hall–Kier alpha value is -2.60. The Bertz CT molecular complexity index is 983. The van der Waals surface area contributed by atoms with Crippen molar-refractivity contribution in [3.05, 3.63) is 58.1 Å². The van der Waals surface area contributed by atoms with Gasteiger partial charge in [-0.25, -0.2) is 0 Å². The van der Waals surface area contributed by atoms with Gasteiger partial charge in [-0.05, 0) is 42.7 Å². The Kier molecular flexibility index (Phi) is 5.45. The summed E-state index contributed by atoms with van der Waals surface area (Å²) in [6.45, 7) is 4.33. The lowest BCUT2D eigenvalue weighted by atomic mass is 9.61. The molecule has 1 aromatic rings. The van der Waals surface area contributed by atoms with E-state index in [4.69, 9.17) is 21.2 Å².